The number of aliphatic hydroxyl groups excluding tert-OH is 1. The Morgan fingerprint density at radius 2 is 1.80 bits per heavy atom. The molecule has 1 aromatic carbocycles. The van der Waals surface area contributed by atoms with E-state index in [-0.39, 0.29) is 5.54 Å². The Morgan fingerprint density at radius 1 is 1.15 bits per heavy atom. The van der Waals surface area contributed by atoms with Crippen molar-refractivity contribution < 1.29 is 5.11 Å². The zero-order valence-electron chi connectivity index (χ0n) is 12.8. The molecule has 0 radical (unpaired) electrons. The van der Waals surface area contributed by atoms with E-state index in [2.05, 4.69) is 37.6 Å². The van der Waals surface area contributed by atoms with E-state index >= 15 is 0 Å². The fraction of sp³-hybridized carbons (Fsp3) is 0.471. The second-order valence-corrected chi connectivity index (χ2v) is 5.65. The van der Waals surface area contributed by atoms with Crippen LogP contribution in [0.15, 0.2) is 36.5 Å². The van der Waals surface area contributed by atoms with Crippen LogP contribution in [-0.4, -0.2) is 33.6 Å². The molecule has 0 saturated carbocycles. The fourth-order valence-electron chi connectivity index (χ4n) is 2.94. The third-order valence-corrected chi connectivity index (χ3v) is 4.21. The monoisotopic (exact) mass is 272 g/mol. The third kappa shape index (κ3) is 2.56. The molecule has 2 aromatic rings. The van der Waals surface area contributed by atoms with Crippen molar-refractivity contribution in [3.8, 4) is 0 Å². The van der Waals surface area contributed by atoms with Gasteiger partial charge in [-0.1, -0.05) is 38.1 Å². The number of benzene rings is 1. The van der Waals surface area contributed by atoms with Crippen LogP contribution in [-0.2, 0) is 0 Å². The standard InChI is InChI=1S/C17H24N2O/c1-5-19(6-2)17(3,4)16(20)14-11-7-9-13-10-8-12-18-15(13)14/h7-12,16,20H,5-6H2,1-4H3. The van der Waals surface area contributed by atoms with Crippen molar-refractivity contribution >= 4 is 10.9 Å². The molecule has 20 heavy (non-hydrogen) atoms. The summed E-state index contributed by atoms with van der Waals surface area (Å²) in [6, 6.07) is 9.95. The SMILES string of the molecule is CCN(CC)C(C)(C)C(O)c1cccc2cccnc12. The van der Waals surface area contributed by atoms with Crippen molar-refractivity contribution in [2.24, 2.45) is 0 Å². The first-order valence-corrected chi connectivity index (χ1v) is 7.29. The Balaban J connectivity index is 2.48. The van der Waals surface area contributed by atoms with Crippen LogP contribution in [0.25, 0.3) is 10.9 Å². The number of aliphatic hydroxyl groups is 1. The molecule has 1 heterocycles. The first-order valence-electron chi connectivity index (χ1n) is 7.29. The number of para-hydroxylation sites is 1. The molecule has 0 fully saturated rings. The van der Waals surface area contributed by atoms with Crippen LogP contribution in [0.3, 0.4) is 0 Å². The lowest BCUT2D eigenvalue weighted by atomic mass is 9.88. The van der Waals surface area contributed by atoms with Crippen LogP contribution < -0.4 is 0 Å². The van der Waals surface area contributed by atoms with Crippen molar-refractivity contribution in [2.75, 3.05) is 13.1 Å². The Hall–Kier alpha value is -1.45. The average Bonchev–Trinajstić information content (AvgIpc) is 2.47. The highest BCUT2D eigenvalue weighted by molar-refractivity contribution is 5.82. The van der Waals surface area contributed by atoms with Crippen LogP contribution in [0, 0.1) is 0 Å². The van der Waals surface area contributed by atoms with Crippen molar-refractivity contribution in [3.63, 3.8) is 0 Å². The smallest absolute Gasteiger partial charge is 0.0989 e. The van der Waals surface area contributed by atoms with E-state index in [0.717, 1.165) is 29.6 Å². The molecule has 0 aliphatic carbocycles. The summed E-state index contributed by atoms with van der Waals surface area (Å²) in [5, 5.41) is 12.0. The summed E-state index contributed by atoms with van der Waals surface area (Å²) in [7, 11) is 0. The van der Waals surface area contributed by atoms with E-state index in [4.69, 9.17) is 0 Å². The minimum Gasteiger partial charge on any atom is -0.386 e. The molecule has 0 aliphatic heterocycles. The second kappa shape index (κ2) is 5.90. The molecule has 108 valence electrons. The molecule has 3 heteroatoms. The molecule has 1 unspecified atom stereocenters. The molecule has 0 bridgehead atoms. The quantitative estimate of drug-likeness (QED) is 0.906. The molecular formula is C17H24N2O. The number of nitrogens with zero attached hydrogens (tertiary/aromatic N) is 2. The van der Waals surface area contributed by atoms with Crippen molar-refractivity contribution in [1.29, 1.82) is 0 Å². The van der Waals surface area contributed by atoms with Gasteiger partial charge in [0.1, 0.15) is 0 Å². The summed E-state index contributed by atoms with van der Waals surface area (Å²) in [5.41, 5.74) is 1.47. The summed E-state index contributed by atoms with van der Waals surface area (Å²) in [4.78, 5) is 6.73. The number of fused-ring (bicyclic) bond motifs is 1. The summed E-state index contributed by atoms with van der Waals surface area (Å²) in [5.74, 6) is 0. The molecule has 0 spiro atoms. The maximum absolute atomic E-state index is 10.9. The van der Waals surface area contributed by atoms with Gasteiger partial charge in [-0.3, -0.25) is 9.88 Å². The summed E-state index contributed by atoms with van der Waals surface area (Å²) < 4.78 is 0. The summed E-state index contributed by atoms with van der Waals surface area (Å²) >= 11 is 0. The van der Waals surface area contributed by atoms with E-state index < -0.39 is 6.10 Å². The van der Waals surface area contributed by atoms with Crippen LogP contribution in [0.5, 0.6) is 0 Å². The van der Waals surface area contributed by atoms with Crippen molar-refractivity contribution in [3.05, 3.63) is 42.1 Å². The largest absolute Gasteiger partial charge is 0.386 e. The first-order chi connectivity index (χ1) is 9.52. The third-order valence-electron chi connectivity index (χ3n) is 4.21. The van der Waals surface area contributed by atoms with Gasteiger partial charge in [0.25, 0.3) is 0 Å². The van der Waals surface area contributed by atoms with Gasteiger partial charge in [0.2, 0.25) is 0 Å². The van der Waals surface area contributed by atoms with Crippen molar-refractivity contribution in [2.45, 2.75) is 39.3 Å². The maximum Gasteiger partial charge on any atom is 0.0989 e. The van der Waals surface area contributed by atoms with Gasteiger partial charge in [0.05, 0.1) is 11.6 Å². The van der Waals surface area contributed by atoms with Crippen LogP contribution in [0.1, 0.15) is 39.4 Å². The van der Waals surface area contributed by atoms with Gasteiger partial charge < -0.3 is 5.11 Å². The molecule has 1 aromatic heterocycles. The molecule has 1 N–H and O–H groups in total. The molecule has 3 nitrogen and oxygen atoms in total. The van der Waals surface area contributed by atoms with Gasteiger partial charge in [-0.25, -0.2) is 0 Å². The lowest BCUT2D eigenvalue weighted by Crippen LogP contribution is -2.48. The van der Waals surface area contributed by atoms with Gasteiger partial charge in [-0.2, -0.15) is 0 Å². The normalized spacial score (nSPS) is 13.9. The lowest BCUT2D eigenvalue weighted by Gasteiger charge is -2.41. The average molecular weight is 272 g/mol. The number of rotatable bonds is 5. The van der Waals surface area contributed by atoms with E-state index in [1.807, 2.05) is 30.3 Å². The Labute approximate surface area is 121 Å². The van der Waals surface area contributed by atoms with E-state index in [0.29, 0.717) is 0 Å². The van der Waals surface area contributed by atoms with Gasteiger partial charge in [0.15, 0.2) is 0 Å². The Bertz CT molecular complexity index is 571. The number of pyridine rings is 1. The minimum absolute atomic E-state index is 0.324. The van der Waals surface area contributed by atoms with Gasteiger partial charge in [-0.05, 0) is 33.0 Å². The molecule has 0 saturated heterocycles. The van der Waals surface area contributed by atoms with Crippen LogP contribution in [0.4, 0.5) is 0 Å². The molecule has 1 atom stereocenters. The maximum atomic E-state index is 10.9. The highest BCUT2D eigenvalue weighted by atomic mass is 16.3. The number of hydrogen-bond acceptors (Lipinski definition) is 3. The van der Waals surface area contributed by atoms with Crippen molar-refractivity contribution in [1.82, 2.24) is 9.88 Å². The predicted molar refractivity (Wildman–Crippen MR) is 83.7 cm³/mol. The molecular weight excluding hydrogens is 248 g/mol. The summed E-state index contributed by atoms with van der Waals surface area (Å²) in [6.07, 6.45) is 1.21. The summed E-state index contributed by atoms with van der Waals surface area (Å²) in [6.45, 7) is 10.3. The zero-order valence-corrected chi connectivity index (χ0v) is 12.8. The Morgan fingerprint density at radius 3 is 2.45 bits per heavy atom. The van der Waals surface area contributed by atoms with Gasteiger partial charge in [-0.15, -0.1) is 0 Å². The predicted octanol–water partition coefficient (Wildman–Crippen LogP) is 3.39. The fourth-order valence-corrected chi connectivity index (χ4v) is 2.94. The number of likely N-dealkylation sites (N-methyl/N-ethyl adjacent to an activating group) is 1. The van der Waals surface area contributed by atoms with E-state index in [1.54, 1.807) is 6.20 Å². The highest BCUT2D eigenvalue weighted by Gasteiger charge is 2.34. The van der Waals surface area contributed by atoms with Gasteiger partial charge >= 0.3 is 0 Å². The molecule has 0 amide bonds. The second-order valence-electron chi connectivity index (χ2n) is 5.65. The van der Waals surface area contributed by atoms with Crippen LogP contribution >= 0.6 is 0 Å². The minimum atomic E-state index is -0.569. The molecule has 2 rings (SSSR count). The van der Waals surface area contributed by atoms with E-state index in [1.165, 1.54) is 0 Å². The number of aromatic nitrogens is 1. The highest BCUT2D eigenvalue weighted by Crippen LogP contribution is 2.33. The number of hydrogen-bond donors (Lipinski definition) is 1. The van der Waals surface area contributed by atoms with Crippen LogP contribution in [0.2, 0.25) is 0 Å². The zero-order chi connectivity index (χ0) is 14.8. The van der Waals surface area contributed by atoms with E-state index in [9.17, 15) is 5.11 Å². The lowest BCUT2D eigenvalue weighted by molar-refractivity contribution is -0.00554. The topological polar surface area (TPSA) is 36.4 Å². The molecule has 0 aliphatic rings. The first kappa shape index (κ1) is 14.9. The van der Waals surface area contributed by atoms with Gasteiger partial charge in [0, 0.05) is 22.7 Å². The Kier molecular flexibility index (Phi) is 4.41.